The molecule has 36 heavy (non-hydrogen) atoms. The fourth-order valence-electron chi connectivity index (χ4n) is 5.45. The topological polar surface area (TPSA) is 152 Å². The first-order valence-corrected chi connectivity index (χ1v) is 11.8. The molecule has 2 saturated heterocycles. The number of aliphatic hydroxyl groups excluding tert-OH is 1. The molecule has 4 N–H and O–H groups in total. The van der Waals surface area contributed by atoms with Crippen molar-refractivity contribution in [2.75, 3.05) is 6.54 Å². The molecule has 7 atom stereocenters. The summed E-state index contributed by atoms with van der Waals surface area (Å²) in [5.41, 5.74) is -1.39. The molecule has 0 aromatic rings. The van der Waals surface area contributed by atoms with Crippen LogP contribution in [0, 0.1) is 39.9 Å². The number of aliphatic hydroxyl groups is 1. The number of nitrogens with one attached hydrogen (secondary N) is 3. The van der Waals surface area contributed by atoms with Crippen LogP contribution in [0.2, 0.25) is 0 Å². The fourth-order valence-corrected chi connectivity index (χ4v) is 5.45. The van der Waals surface area contributed by atoms with E-state index in [-0.39, 0.29) is 36.6 Å². The molecule has 3 aliphatic rings. The minimum atomic E-state index is -5.18. The molecule has 0 bridgehead atoms. The van der Waals surface area contributed by atoms with Crippen LogP contribution < -0.4 is 16.0 Å². The summed E-state index contributed by atoms with van der Waals surface area (Å²) in [5, 5.41) is 25.8. The smallest absolute Gasteiger partial charge is 0.374 e. The molecular weight excluding hydrogens is 483 g/mol. The van der Waals surface area contributed by atoms with Gasteiger partial charge in [-0.1, -0.05) is 34.6 Å². The second-order valence-electron chi connectivity index (χ2n) is 11.5. The number of halogens is 3. The first-order chi connectivity index (χ1) is 16.4. The summed E-state index contributed by atoms with van der Waals surface area (Å²) in [7, 11) is 0. The van der Waals surface area contributed by atoms with Crippen LogP contribution in [0.3, 0.4) is 0 Å². The standard InChI is InChI=1S/C23H32F3N5O5/c1-21(2,3)16(30-20(36)23(24,25)26)19(35)31-9-12-14(22(12,4)5)15(31)18(34)28-11(8-27)6-10-7-13(32)29-17(10)33/h10-16,32H,6-7,9H2,1-5H3,(H,28,34)(H,29,33)(H,30,36)/t10-,11?,12+,13?,14+,15+,16?/m1/s1. The van der Waals surface area contributed by atoms with Crippen LogP contribution in [0.25, 0.3) is 0 Å². The summed E-state index contributed by atoms with van der Waals surface area (Å²) in [4.78, 5) is 51.6. The third-order valence-corrected chi connectivity index (χ3v) is 7.59. The Labute approximate surface area is 206 Å². The van der Waals surface area contributed by atoms with E-state index in [9.17, 15) is 42.7 Å². The van der Waals surface area contributed by atoms with Crippen molar-refractivity contribution in [2.24, 2.45) is 28.6 Å². The number of nitrogens with zero attached hydrogens (tertiary/aromatic N) is 2. The zero-order chi connectivity index (χ0) is 27.4. The van der Waals surface area contributed by atoms with E-state index in [0.29, 0.717) is 0 Å². The molecule has 13 heteroatoms. The number of alkyl halides is 3. The number of amides is 4. The van der Waals surface area contributed by atoms with Gasteiger partial charge in [0, 0.05) is 18.9 Å². The fraction of sp³-hybridized carbons (Fsp3) is 0.783. The number of likely N-dealkylation sites (tertiary alicyclic amines) is 1. The Morgan fingerprint density at radius 1 is 1.25 bits per heavy atom. The lowest BCUT2D eigenvalue weighted by Gasteiger charge is -2.37. The van der Waals surface area contributed by atoms with Crippen LogP contribution in [0.1, 0.15) is 47.5 Å². The Morgan fingerprint density at radius 3 is 2.33 bits per heavy atom. The van der Waals surface area contributed by atoms with E-state index in [0.717, 1.165) is 0 Å². The summed E-state index contributed by atoms with van der Waals surface area (Å²) in [6.07, 6.45) is -6.18. The summed E-state index contributed by atoms with van der Waals surface area (Å²) >= 11 is 0. The van der Waals surface area contributed by atoms with Gasteiger partial charge >= 0.3 is 12.1 Å². The van der Waals surface area contributed by atoms with Crippen molar-refractivity contribution in [3.8, 4) is 6.07 Å². The number of carbonyl (C=O) groups is 4. The van der Waals surface area contributed by atoms with E-state index in [2.05, 4.69) is 10.6 Å². The van der Waals surface area contributed by atoms with Gasteiger partial charge in [0.25, 0.3) is 0 Å². The molecule has 3 rings (SSSR count). The average Bonchev–Trinajstić information content (AvgIpc) is 3.06. The zero-order valence-corrected chi connectivity index (χ0v) is 20.8. The Hall–Kier alpha value is -2.88. The van der Waals surface area contributed by atoms with E-state index in [1.54, 1.807) is 5.32 Å². The second-order valence-corrected chi connectivity index (χ2v) is 11.5. The number of piperidine rings is 1. The van der Waals surface area contributed by atoms with Crippen molar-refractivity contribution in [3.05, 3.63) is 0 Å². The van der Waals surface area contributed by atoms with Gasteiger partial charge in [-0.05, 0) is 29.1 Å². The Kier molecular flexibility index (Phi) is 7.09. The van der Waals surface area contributed by atoms with Crippen molar-refractivity contribution in [2.45, 2.75) is 78.0 Å². The molecule has 3 fully saturated rings. The molecule has 0 radical (unpaired) electrons. The molecule has 0 aromatic heterocycles. The molecule has 2 heterocycles. The summed E-state index contributed by atoms with van der Waals surface area (Å²) in [5.74, 6) is -5.19. The molecule has 3 unspecified atom stereocenters. The van der Waals surface area contributed by atoms with Gasteiger partial charge in [0.1, 0.15) is 24.4 Å². The average molecular weight is 516 g/mol. The highest BCUT2D eigenvalue weighted by Gasteiger charge is 2.70. The van der Waals surface area contributed by atoms with Gasteiger partial charge in [-0.2, -0.15) is 18.4 Å². The Balaban J connectivity index is 1.80. The van der Waals surface area contributed by atoms with Crippen LogP contribution in [-0.2, 0) is 19.2 Å². The van der Waals surface area contributed by atoms with Crippen LogP contribution in [0.5, 0.6) is 0 Å². The van der Waals surface area contributed by atoms with E-state index in [1.165, 1.54) is 25.7 Å². The molecule has 2 aliphatic heterocycles. The molecule has 1 aliphatic carbocycles. The molecule has 10 nitrogen and oxygen atoms in total. The zero-order valence-electron chi connectivity index (χ0n) is 20.8. The van der Waals surface area contributed by atoms with E-state index in [1.807, 2.05) is 19.9 Å². The van der Waals surface area contributed by atoms with Crippen molar-refractivity contribution < 1.29 is 37.5 Å². The van der Waals surface area contributed by atoms with Gasteiger partial charge in [0.15, 0.2) is 0 Å². The Morgan fingerprint density at radius 2 is 1.86 bits per heavy atom. The Bertz CT molecular complexity index is 986. The van der Waals surface area contributed by atoms with Gasteiger partial charge < -0.3 is 26.0 Å². The minimum absolute atomic E-state index is 0.0461. The second kappa shape index (κ2) is 9.21. The van der Waals surface area contributed by atoms with Crippen LogP contribution >= 0.6 is 0 Å². The van der Waals surface area contributed by atoms with Gasteiger partial charge in [-0.3, -0.25) is 19.2 Å². The van der Waals surface area contributed by atoms with E-state index in [4.69, 9.17) is 0 Å². The number of fused-ring (bicyclic) bond motifs is 1. The number of nitriles is 1. The lowest BCUT2D eigenvalue weighted by Crippen LogP contribution is -2.61. The van der Waals surface area contributed by atoms with Crippen molar-refractivity contribution in [1.29, 1.82) is 5.26 Å². The highest BCUT2D eigenvalue weighted by Crippen LogP contribution is 2.65. The summed E-state index contributed by atoms with van der Waals surface area (Å²) in [6.45, 7) is 8.49. The molecule has 200 valence electrons. The monoisotopic (exact) mass is 515 g/mol. The van der Waals surface area contributed by atoms with E-state index >= 15 is 0 Å². The lowest BCUT2D eigenvalue weighted by atomic mass is 9.85. The number of carbonyl (C=O) groups excluding carboxylic acids is 4. The van der Waals surface area contributed by atoms with Crippen LogP contribution in [0.15, 0.2) is 0 Å². The first kappa shape index (κ1) is 27.7. The maximum absolute atomic E-state index is 13.5. The summed E-state index contributed by atoms with van der Waals surface area (Å²) in [6, 6.07) is -1.76. The molecule has 0 spiro atoms. The van der Waals surface area contributed by atoms with Crippen molar-refractivity contribution >= 4 is 23.6 Å². The minimum Gasteiger partial charge on any atom is -0.374 e. The molecule has 1 saturated carbocycles. The van der Waals surface area contributed by atoms with Crippen molar-refractivity contribution in [3.63, 3.8) is 0 Å². The molecule has 4 amide bonds. The van der Waals surface area contributed by atoms with Crippen molar-refractivity contribution in [1.82, 2.24) is 20.9 Å². The number of hydrogen-bond acceptors (Lipinski definition) is 6. The lowest BCUT2D eigenvalue weighted by molar-refractivity contribution is -0.176. The highest BCUT2D eigenvalue weighted by atomic mass is 19.4. The van der Waals surface area contributed by atoms with Crippen LogP contribution in [0.4, 0.5) is 13.2 Å². The van der Waals surface area contributed by atoms with Gasteiger partial charge in [0.05, 0.1) is 6.07 Å². The largest absolute Gasteiger partial charge is 0.471 e. The third kappa shape index (κ3) is 5.28. The van der Waals surface area contributed by atoms with Gasteiger partial charge in [-0.25, -0.2) is 0 Å². The maximum Gasteiger partial charge on any atom is 0.471 e. The van der Waals surface area contributed by atoms with E-state index < -0.39 is 65.5 Å². The first-order valence-electron chi connectivity index (χ1n) is 11.8. The SMILES string of the molecule is CC(C)(C)C(NC(=O)C(F)(F)F)C(=O)N1C[C@H]2[C@@H]([C@H]1C(=O)NC(C#N)C[C@@H]1CC(O)NC1=O)C2(C)C. The highest BCUT2D eigenvalue weighted by molar-refractivity contribution is 5.95. The molecule has 0 aromatic carbocycles. The maximum atomic E-state index is 13.5. The normalized spacial score (nSPS) is 30.5. The number of hydrogen-bond donors (Lipinski definition) is 4. The predicted molar refractivity (Wildman–Crippen MR) is 118 cm³/mol. The van der Waals surface area contributed by atoms with Gasteiger partial charge in [-0.15, -0.1) is 0 Å². The summed E-state index contributed by atoms with van der Waals surface area (Å²) < 4.78 is 38.8. The van der Waals surface area contributed by atoms with Gasteiger partial charge in [0.2, 0.25) is 17.7 Å². The van der Waals surface area contributed by atoms with Crippen LogP contribution in [-0.4, -0.2) is 70.7 Å². The molecular formula is C23H32F3N5O5. The number of rotatable bonds is 6. The predicted octanol–water partition coefficient (Wildman–Crippen LogP) is 0.416. The third-order valence-electron chi connectivity index (χ3n) is 7.59. The quantitative estimate of drug-likeness (QED) is 0.402.